The highest BCUT2D eigenvalue weighted by Crippen LogP contribution is 2.38. The van der Waals surface area contributed by atoms with Gasteiger partial charge in [0.25, 0.3) is 11.8 Å². The van der Waals surface area contributed by atoms with Crippen molar-refractivity contribution in [1.29, 1.82) is 0 Å². The van der Waals surface area contributed by atoms with Crippen LogP contribution in [0.2, 0.25) is 0 Å². The molecule has 29 heavy (non-hydrogen) atoms. The SMILES string of the molecule is COc1cc(C(=O)N(C)CCOc2ccc(Br)cc2)cc(OC)c1OCC(N)=O. The number of carbonyl (C=O) groups is 2. The molecule has 0 saturated carbocycles. The summed E-state index contributed by atoms with van der Waals surface area (Å²) < 4.78 is 22.5. The predicted molar refractivity (Wildman–Crippen MR) is 111 cm³/mol. The maximum Gasteiger partial charge on any atom is 0.255 e. The fourth-order valence-corrected chi connectivity index (χ4v) is 2.71. The molecule has 0 aliphatic heterocycles. The minimum atomic E-state index is -0.639. The number of carbonyl (C=O) groups excluding carboxylic acids is 2. The number of hydrogen-bond acceptors (Lipinski definition) is 6. The number of primary amides is 1. The molecule has 0 bridgehead atoms. The standard InChI is InChI=1S/C20H23BrN2O6/c1-23(8-9-28-15-6-4-14(21)5-7-15)20(25)13-10-16(26-2)19(17(11-13)27-3)29-12-18(22)24/h4-7,10-11H,8-9,12H2,1-3H3,(H2,22,24). The van der Waals surface area contributed by atoms with E-state index in [-0.39, 0.29) is 29.8 Å². The third kappa shape index (κ3) is 6.28. The molecule has 0 aromatic heterocycles. The van der Waals surface area contributed by atoms with Gasteiger partial charge in [-0.05, 0) is 36.4 Å². The monoisotopic (exact) mass is 466 g/mol. The van der Waals surface area contributed by atoms with Gasteiger partial charge < -0.3 is 29.6 Å². The summed E-state index contributed by atoms with van der Waals surface area (Å²) in [5.74, 6) is 0.545. The van der Waals surface area contributed by atoms with Crippen molar-refractivity contribution < 1.29 is 28.5 Å². The van der Waals surface area contributed by atoms with Crippen LogP contribution < -0.4 is 24.7 Å². The summed E-state index contributed by atoms with van der Waals surface area (Å²) in [7, 11) is 4.52. The van der Waals surface area contributed by atoms with Crippen LogP contribution in [0.4, 0.5) is 0 Å². The summed E-state index contributed by atoms with van der Waals surface area (Å²) in [6, 6.07) is 10.5. The van der Waals surface area contributed by atoms with Crippen LogP contribution in [-0.4, -0.2) is 57.7 Å². The number of benzene rings is 2. The Morgan fingerprint density at radius 3 is 2.14 bits per heavy atom. The highest BCUT2D eigenvalue weighted by molar-refractivity contribution is 9.10. The van der Waals surface area contributed by atoms with E-state index >= 15 is 0 Å². The molecule has 9 heteroatoms. The molecule has 0 radical (unpaired) electrons. The summed E-state index contributed by atoms with van der Waals surface area (Å²) in [5.41, 5.74) is 5.46. The van der Waals surface area contributed by atoms with Crippen LogP contribution in [0.15, 0.2) is 40.9 Å². The maximum atomic E-state index is 12.8. The molecule has 0 heterocycles. The van der Waals surface area contributed by atoms with E-state index in [1.807, 2.05) is 24.3 Å². The van der Waals surface area contributed by atoms with E-state index in [1.165, 1.54) is 31.3 Å². The molecule has 0 spiro atoms. The highest BCUT2D eigenvalue weighted by atomic mass is 79.9. The molecule has 0 saturated heterocycles. The number of nitrogens with zero attached hydrogens (tertiary/aromatic N) is 1. The lowest BCUT2D eigenvalue weighted by Gasteiger charge is -2.20. The lowest BCUT2D eigenvalue weighted by molar-refractivity contribution is -0.120. The smallest absolute Gasteiger partial charge is 0.255 e. The summed E-state index contributed by atoms with van der Waals surface area (Å²) in [6.45, 7) is 0.366. The average molecular weight is 467 g/mol. The fourth-order valence-electron chi connectivity index (χ4n) is 2.44. The average Bonchev–Trinajstić information content (AvgIpc) is 2.72. The molecule has 0 fully saturated rings. The quantitative estimate of drug-likeness (QED) is 0.577. The predicted octanol–water partition coefficient (Wildman–Crippen LogP) is 2.48. The first-order valence-corrected chi connectivity index (χ1v) is 9.46. The summed E-state index contributed by atoms with van der Waals surface area (Å²) in [4.78, 5) is 25.3. The first-order chi connectivity index (χ1) is 13.8. The van der Waals surface area contributed by atoms with Crippen molar-refractivity contribution in [3.63, 3.8) is 0 Å². The number of ether oxygens (including phenoxy) is 4. The van der Waals surface area contributed by atoms with E-state index in [2.05, 4.69) is 15.9 Å². The van der Waals surface area contributed by atoms with Gasteiger partial charge in [-0.3, -0.25) is 9.59 Å². The molecule has 0 aliphatic carbocycles. The van der Waals surface area contributed by atoms with Gasteiger partial charge in [-0.25, -0.2) is 0 Å². The van der Waals surface area contributed by atoms with Gasteiger partial charge in [0, 0.05) is 17.1 Å². The second-order valence-corrected chi connectivity index (χ2v) is 6.91. The largest absolute Gasteiger partial charge is 0.493 e. The normalized spacial score (nSPS) is 10.2. The number of amides is 2. The van der Waals surface area contributed by atoms with Crippen molar-refractivity contribution in [2.75, 3.05) is 41.0 Å². The van der Waals surface area contributed by atoms with Crippen molar-refractivity contribution in [3.05, 3.63) is 46.4 Å². The zero-order valence-electron chi connectivity index (χ0n) is 16.4. The van der Waals surface area contributed by atoms with Crippen molar-refractivity contribution in [2.45, 2.75) is 0 Å². The fraction of sp³-hybridized carbons (Fsp3) is 0.300. The molecular weight excluding hydrogens is 444 g/mol. The van der Waals surface area contributed by atoms with Crippen LogP contribution in [0.1, 0.15) is 10.4 Å². The number of likely N-dealkylation sites (N-methyl/N-ethyl adjacent to an activating group) is 1. The van der Waals surface area contributed by atoms with Crippen LogP contribution in [-0.2, 0) is 4.79 Å². The number of hydrogen-bond donors (Lipinski definition) is 1. The Hall–Kier alpha value is -2.94. The molecular formula is C20H23BrN2O6. The van der Waals surface area contributed by atoms with Gasteiger partial charge in [0.1, 0.15) is 12.4 Å². The number of rotatable bonds is 10. The minimum absolute atomic E-state index is 0.201. The Labute approximate surface area is 177 Å². The van der Waals surface area contributed by atoms with Gasteiger partial charge in [-0.2, -0.15) is 0 Å². The van der Waals surface area contributed by atoms with Crippen molar-refractivity contribution >= 4 is 27.7 Å². The van der Waals surface area contributed by atoms with Gasteiger partial charge in [0.15, 0.2) is 18.1 Å². The lowest BCUT2D eigenvalue weighted by atomic mass is 10.1. The van der Waals surface area contributed by atoms with Gasteiger partial charge >= 0.3 is 0 Å². The zero-order valence-corrected chi connectivity index (χ0v) is 18.0. The van der Waals surface area contributed by atoms with Crippen LogP contribution in [0.5, 0.6) is 23.0 Å². The van der Waals surface area contributed by atoms with E-state index in [0.29, 0.717) is 24.5 Å². The first kappa shape index (κ1) is 22.4. The highest BCUT2D eigenvalue weighted by Gasteiger charge is 2.20. The van der Waals surface area contributed by atoms with Gasteiger partial charge in [0.2, 0.25) is 5.75 Å². The maximum absolute atomic E-state index is 12.8. The Bertz CT molecular complexity index is 832. The first-order valence-electron chi connectivity index (χ1n) is 8.66. The summed E-state index contributed by atoms with van der Waals surface area (Å²) in [6.07, 6.45) is 0. The molecule has 0 atom stereocenters. The molecule has 2 rings (SSSR count). The molecule has 2 N–H and O–H groups in total. The third-order valence-electron chi connectivity index (χ3n) is 3.92. The molecule has 156 valence electrons. The molecule has 2 amide bonds. The van der Waals surface area contributed by atoms with Crippen LogP contribution >= 0.6 is 15.9 Å². The second kappa shape index (κ2) is 10.6. The summed E-state index contributed by atoms with van der Waals surface area (Å²) in [5, 5.41) is 0. The molecule has 0 aliphatic rings. The number of halogens is 1. The van der Waals surface area contributed by atoms with E-state index in [1.54, 1.807) is 7.05 Å². The molecule has 0 unspecified atom stereocenters. The number of methoxy groups -OCH3 is 2. The summed E-state index contributed by atoms with van der Waals surface area (Å²) >= 11 is 3.37. The van der Waals surface area contributed by atoms with Gasteiger partial charge in [-0.15, -0.1) is 0 Å². The third-order valence-corrected chi connectivity index (χ3v) is 4.45. The van der Waals surface area contributed by atoms with E-state index in [4.69, 9.17) is 24.7 Å². The minimum Gasteiger partial charge on any atom is -0.493 e. The Morgan fingerprint density at radius 1 is 1.03 bits per heavy atom. The van der Waals surface area contributed by atoms with Crippen LogP contribution in [0.3, 0.4) is 0 Å². The molecule has 2 aromatic carbocycles. The van der Waals surface area contributed by atoms with E-state index in [0.717, 1.165) is 4.47 Å². The second-order valence-electron chi connectivity index (χ2n) is 5.99. The van der Waals surface area contributed by atoms with Crippen molar-refractivity contribution in [3.8, 4) is 23.0 Å². The Morgan fingerprint density at radius 2 is 1.62 bits per heavy atom. The topological polar surface area (TPSA) is 100 Å². The lowest BCUT2D eigenvalue weighted by Crippen LogP contribution is -2.31. The van der Waals surface area contributed by atoms with Gasteiger partial charge in [0.05, 0.1) is 20.8 Å². The van der Waals surface area contributed by atoms with Crippen LogP contribution in [0.25, 0.3) is 0 Å². The van der Waals surface area contributed by atoms with Crippen molar-refractivity contribution in [1.82, 2.24) is 4.90 Å². The van der Waals surface area contributed by atoms with Crippen molar-refractivity contribution in [2.24, 2.45) is 5.73 Å². The van der Waals surface area contributed by atoms with Gasteiger partial charge in [-0.1, -0.05) is 15.9 Å². The van der Waals surface area contributed by atoms with E-state index in [9.17, 15) is 9.59 Å². The Balaban J connectivity index is 2.07. The Kier molecular flexibility index (Phi) is 8.14. The number of nitrogens with two attached hydrogens (primary N) is 1. The molecule has 2 aromatic rings. The van der Waals surface area contributed by atoms with E-state index < -0.39 is 5.91 Å². The zero-order chi connectivity index (χ0) is 21.4. The van der Waals surface area contributed by atoms with Crippen LogP contribution in [0, 0.1) is 0 Å². The molecule has 8 nitrogen and oxygen atoms in total.